The number of hydrogen-bond donors (Lipinski definition) is 1. The maximum Gasteiger partial charge on any atom is 0.248 e. The average molecular weight is 351 g/mol. The van der Waals surface area contributed by atoms with Gasteiger partial charge in [0.1, 0.15) is 0 Å². The van der Waals surface area contributed by atoms with Crippen molar-refractivity contribution in [2.24, 2.45) is 0 Å². The number of benzene rings is 3. The van der Waals surface area contributed by atoms with Crippen LogP contribution in [0.15, 0.2) is 91.3 Å². The number of rotatable bonds is 4. The number of nitrogens with zero attached hydrogens (tertiary/aromatic N) is 2. The van der Waals surface area contributed by atoms with Gasteiger partial charge in [0, 0.05) is 40.7 Å². The number of anilines is 1. The van der Waals surface area contributed by atoms with Crippen LogP contribution in [0.2, 0.25) is 0 Å². The van der Waals surface area contributed by atoms with Gasteiger partial charge < -0.3 is 5.32 Å². The molecule has 0 unspecified atom stereocenters. The van der Waals surface area contributed by atoms with Crippen molar-refractivity contribution in [2.45, 2.75) is 0 Å². The van der Waals surface area contributed by atoms with Crippen LogP contribution in [-0.4, -0.2) is 15.9 Å². The molecule has 3 aromatic carbocycles. The van der Waals surface area contributed by atoms with Crippen LogP contribution in [0.3, 0.4) is 0 Å². The minimum atomic E-state index is -0.196. The van der Waals surface area contributed by atoms with Gasteiger partial charge in [0.25, 0.3) is 0 Å². The Labute approximate surface area is 157 Å². The lowest BCUT2D eigenvalue weighted by atomic mass is 10.1. The third-order valence-corrected chi connectivity index (χ3v) is 4.18. The summed E-state index contributed by atoms with van der Waals surface area (Å²) in [4.78, 5) is 21.0. The zero-order chi connectivity index (χ0) is 18.5. The molecular weight excluding hydrogens is 334 g/mol. The summed E-state index contributed by atoms with van der Waals surface area (Å²) in [7, 11) is 0. The van der Waals surface area contributed by atoms with E-state index < -0.39 is 0 Å². The van der Waals surface area contributed by atoms with Crippen LogP contribution in [0.5, 0.6) is 0 Å². The highest BCUT2D eigenvalue weighted by atomic mass is 16.1. The van der Waals surface area contributed by atoms with E-state index in [-0.39, 0.29) is 5.91 Å². The Balaban J connectivity index is 1.47. The summed E-state index contributed by atoms with van der Waals surface area (Å²) >= 11 is 0. The topological polar surface area (TPSA) is 54.9 Å². The smallest absolute Gasteiger partial charge is 0.248 e. The first-order valence-corrected chi connectivity index (χ1v) is 8.64. The fraction of sp³-hybridized carbons (Fsp3) is 0. The lowest BCUT2D eigenvalue weighted by Gasteiger charge is -2.06. The van der Waals surface area contributed by atoms with E-state index in [1.165, 1.54) is 6.08 Å². The SMILES string of the molecule is O=C(/C=C/c1cnc(-c2ccccc2)nc1)Nc1cccc2ccccc12. The molecule has 130 valence electrons. The molecular formula is C23H17N3O. The number of hydrogen-bond acceptors (Lipinski definition) is 3. The van der Waals surface area contributed by atoms with Crippen LogP contribution in [0.4, 0.5) is 5.69 Å². The third kappa shape index (κ3) is 3.90. The molecule has 4 rings (SSSR count). The van der Waals surface area contributed by atoms with Gasteiger partial charge in [0.2, 0.25) is 5.91 Å². The van der Waals surface area contributed by atoms with E-state index in [2.05, 4.69) is 15.3 Å². The lowest BCUT2D eigenvalue weighted by Crippen LogP contribution is -2.08. The second kappa shape index (κ2) is 7.62. The molecule has 1 amide bonds. The van der Waals surface area contributed by atoms with Crippen LogP contribution in [0.1, 0.15) is 5.56 Å². The van der Waals surface area contributed by atoms with E-state index in [9.17, 15) is 4.79 Å². The second-order valence-corrected chi connectivity index (χ2v) is 6.06. The molecule has 0 radical (unpaired) electrons. The summed E-state index contributed by atoms with van der Waals surface area (Å²) in [6, 6.07) is 23.6. The molecule has 0 aliphatic heterocycles. The van der Waals surface area contributed by atoms with Crippen LogP contribution >= 0.6 is 0 Å². The maximum atomic E-state index is 12.3. The van der Waals surface area contributed by atoms with E-state index in [1.54, 1.807) is 18.5 Å². The molecule has 0 aliphatic carbocycles. The van der Waals surface area contributed by atoms with Crippen molar-refractivity contribution >= 4 is 28.4 Å². The molecule has 4 heteroatoms. The predicted octanol–water partition coefficient (Wildman–Crippen LogP) is 4.95. The monoisotopic (exact) mass is 351 g/mol. The summed E-state index contributed by atoms with van der Waals surface area (Å²) in [6.45, 7) is 0. The molecule has 0 saturated heterocycles. The maximum absolute atomic E-state index is 12.3. The Morgan fingerprint density at radius 1 is 0.815 bits per heavy atom. The first-order valence-electron chi connectivity index (χ1n) is 8.64. The highest BCUT2D eigenvalue weighted by molar-refractivity contribution is 6.07. The van der Waals surface area contributed by atoms with Crippen molar-refractivity contribution in [3.63, 3.8) is 0 Å². The van der Waals surface area contributed by atoms with Crippen molar-refractivity contribution in [1.29, 1.82) is 0 Å². The van der Waals surface area contributed by atoms with Crippen molar-refractivity contribution < 1.29 is 4.79 Å². The number of carbonyl (C=O) groups is 1. The summed E-state index contributed by atoms with van der Waals surface area (Å²) in [5.41, 5.74) is 2.52. The van der Waals surface area contributed by atoms with Crippen molar-refractivity contribution in [3.05, 3.63) is 96.8 Å². The molecule has 1 N–H and O–H groups in total. The molecule has 4 nitrogen and oxygen atoms in total. The molecule has 0 fully saturated rings. The van der Waals surface area contributed by atoms with Gasteiger partial charge in [-0.3, -0.25) is 4.79 Å². The summed E-state index contributed by atoms with van der Waals surface area (Å²) in [5, 5.41) is 5.02. The fourth-order valence-corrected chi connectivity index (χ4v) is 2.84. The van der Waals surface area contributed by atoms with Crippen LogP contribution in [0.25, 0.3) is 28.2 Å². The lowest BCUT2D eigenvalue weighted by molar-refractivity contribution is -0.111. The van der Waals surface area contributed by atoms with Gasteiger partial charge >= 0.3 is 0 Å². The number of carbonyl (C=O) groups excluding carboxylic acids is 1. The standard InChI is InChI=1S/C23H17N3O/c27-22(26-21-12-6-10-18-7-4-5-11-20(18)21)14-13-17-15-24-23(25-16-17)19-8-2-1-3-9-19/h1-16H,(H,26,27)/b14-13+. The summed E-state index contributed by atoms with van der Waals surface area (Å²) in [6.07, 6.45) is 6.60. The second-order valence-electron chi connectivity index (χ2n) is 6.06. The van der Waals surface area contributed by atoms with Gasteiger partial charge in [-0.1, -0.05) is 66.7 Å². The van der Waals surface area contributed by atoms with Crippen LogP contribution in [-0.2, 0) is 4.79 Å². The van der Waals surface area contributed by atoms with Gasteiger partial charge in [-0.25, -0.2) is 9.97 Å². The first kappa shape index (κ1) is 16.7. The van der Waals surface area contributed by atoms with Gasteiger partial charge in [-0.05, 0) is 17.5 Å². The van der Waals surface area contributed by atoms with E-state index in [0.29, 0.717) is 5.82 Å². The Hall–Kier alpha value is -3.79. The molecule has 1 heterocycles. The Morgan fingerprint density at radius 2 is 1.52 bits per heavy atom. The van der Waals surface area contributed by atoms with E-state index in [4.69, 9.17) is 0 Å². The molecule has 0 bridgehead atoms. The quantitative estimate of drug-likeness (QED) is 0.529. The molecule has 0 spiro atoms. The largest absolute Gasteiger partial charge is 0.322 e. The Kier molecular flexibility index (Phi) is 4.70. The molecule has 0 saturated carbocycles. The van der Waals surface area contributed by atoms with Gasteiger partial charge in [0.05, 0.1) is 0 Å². The molecule has 0 atom stereocenters. The first-order chi connectivity index (χ1) is 13.3. The molecule has 1 aromatic heterocycles. The Bertz CT molecular complexity index is 1100. The molecule has 4 aromatic rings. The summed E-state index contributed by atoms with van der Waals surface area (Å²) in [5.74, 6) is 0.464. The van der Waals surface area contributed by atoms with Gasteiger partial charge in [-0.15, -0.1) is 0 Å². The normalized spacial score (nSPS) is 11.0. The minimum absolute atomic E-state index is 0.196. The van der Waals surface area contributed by atoms with Crippen LogP contribution < -0.4 is 5.32 Å². The van der Waals surface area contributed by atoms with E-state index >= 15 is 0 Å². The minimum Gasteiger partial charge on any atom is -0.322 e. The molecule has 0 aliphatic rings. The van der Waals surface area contributed by atoms with Gasteiger partial charge in [-0.2, -0.15) is 0 Å². The van der Waals surface area contributed by atoms with Gasteiger partial charge in [0.15, 0.2) is 5.82 Å². The van der Waals surface area contributed by atoms with E-state index in [0.717, 1.165) is 27.6 Å². The van der Waals surface area contributed by atoms with E-state index in [1.807, 2.05) is 72.8 Å². The molecule has 27 heavy (non-hydrogen) atoms. The average Bonchev–Trinajstić information content (AvgIpc) is 2.74. The van der Waals surface area contributed by atoms with Crippen LogP contribution in [0, 0.1) is 0 Å². The number of amides is 1. The summed E-state index contributed by atoms with van der Waals surface area (Å²) < 4.78 is 0. The predicted molar refractivity (Wildman–Crippen MR) is 109 cm³/mol. The van der Waals surface area contributed by atoms with Crippen molar-refractivity contribution in [1.82, 2.24) is 9.97 Å². The Morgan fingerprint density at radius 3 is 2.33 bits per heavy atom. The third-order valence-electron chi connectivity index (χ3n) is 4.18. The van der Waals surface area contributed by atoms with Crippen molar-refractivity contribution in [3.8, 4) is 11.4 Å². The number of nitrogens with one attached hydrogen (secondary N) is 1. The number of fused-ring (bicyclic) bond motifs is 1. The zero-order valence-electron chi connectivity index (χ0n) is 14.5. The fourth-order valence-electron chi connectivity index (χ4n) is 2.84. The highest BCUT2D eigenvalue weighted by Gasteiger charge is 2.03. The number of aromatic nitrogens is 2. The van der Waals surface area contributed by atoms with Crippen molar-refractivity contribution in [2.75, 3.05) is 5.32 Å². The highest BCUT2D eigenvalue weighted by Crippen LogP contribution is 2.23. The zero-order valence-corrected chi connectivity index (χ0v) is 14.5.